The van der Waals surface area contributed by atoms with Gasteiger partial charge in [-0.2, -0.15) is 10.2 Å². The third-order valence-corrected chi connectivity index (χ3v) is 8.35. The van der Waals surface area contributed by atoms with Gasteiger partial charge in [0.25, 0.3) is 0 Å². The highest BCUT2D eigenvalue weighted by molar-refractivity contribution is 7.91. The summed E-state index contributed by atoms with van der Waals surface area (Å²) < 4.78 is 31.6. The highest BCUT2D eigenvalue weighted by atomic mass is 35.5. The predicted octanol–water partition coefficient (Wildman–Crippen LogP) is 2.09. The Kier molecular flexibility index (Phi) is 4.32. The number of halogens is 1. The Bertz CT molecular complexity index is 902. The van der Waals surface area contributed by atoms with Gasteiger partial charge in [-0.25, -0.2) is 12.7 Å². The molecule has 0 aliphatic carbocycles. The molecule has 26 heavy (non-hydrogen) atoms. The normalized spacial score (nSPS) is 27.7. The van der Waals surface area contributed by atoms with Crippen LogP contribution in [-0.4, -0.2) is 52.5 Å². The molecule has 140 valence electrons. The Morgan fingerprint density at radius 2 is 2.15 bits per heavy atom. The molecule has 4 rings (SSSR count). The lowest BCUT2D eigenvalue weighted by Crippen LogP contribution is -2.54. The van der Waals surface area contributed by atoms with Crippen LogP contribution in [0.2, 0.25) is 0 Å². The second-order valence-corrected chi connectivity index (χ2v) is 9.58. The minimum absolute atomic E-state index is 0.229. The molecule has 2 unspecified atom stereocenters. The molecule has 2 N–H and O–H groups in total. The first-order valence-electron chi connectivity index (χ1n) is 8.44. The number of hydrogen-bond acceptors (Lipinski definition) is 6. The molecule has 2 aromatic rings. The Morgan fingerprint density at radius 3 is 2.77 bits per heavy atom. The van der Waals surface area contributed by atoms with Gasteiger partial charge in [0.1, 0.15) is 11.2 Å². The molecule has 1 fully saturated rings. The Labute approximate surface area is 156 Å². The van der Waals surface area contributed by atoms with E-state index in [1.165, 1.54) is 10.5 Å². The summed E-state index contributed by atoms with van der Waals surface area (Å²) in [4.78, 5) is 0. The molecule has 0 amide bonds. The molecule has 2 aliphatic heterocycles. The van der Waals surface area contributed by atoms with Crippen molar-refractivity contribution in [2.45, 2.75) is 35.9 Å². The number of hydrazone groups is 1. The molecule has 10 heteroatoms. The fourth-order valence-electron chi connectivity index (χ4n) is 3.40. The van der Waals surface area contributed by atoms with E-state index in [4.69, 9.17) is 16.0 Å². The summed E-state index contributed by atoms with van der Waals surface area (Å²) in [6.07, 6.45) is 4.43. The second-order valence-electron chi connectivity index (χ2n) is 6.80. The number of nitrogens with zero attached hydrogens (tertiary/aromatic N) is 3. The van der Waals surface area contributed by atoms with Crippen LogP contribution in [0.25, 0.3) is 11.5 Å². The lowest BCUT2D eigenvalue weighted by Gasteiger charge is -2.36. The summed E-state index contributed by atoms with van der Waals surface area (Å²) in [7, 11) is -3.60. The summed E-state index contributed by atoms with van der Waals surface area (Å²) in [5, 5.41) is 11.2. The van der Waals surface area contributed by atoms with Crippen LogP contribution in [0, 0.1) is 0 Å². The summed E-state index contributed by atoms with van der Waals surface area (Å²) in [6.45, 7) is 2.48. The molecule has 2 aliphatic rings. The van der Waals surface area contributed by atoms with E-state index in [1.807, 2.05) is 18.2 Å². The fraction of sp³-hybridized carbons (Fsp3) is 0.500. The van der Waals surface area contributed by atoms with Crippen molar-refractivity contribution >= 4 is 27.8 Å². The van der Waals surface area contributed by atoms with Gasteiger partial charge in [-0.3, -0.25) is 10.5 Å². The third-order valence-electron chi connectivity index (χ3n) is 5.17. The molecular weight excluding hydrogens is 378 g/mol. The van der Waals surface area contributed by atoms with Gasteiger partial charge in [0.15, 0.2) is 10.5 Å². The summed E-state index contributed by atoms with van der Waals surface area (Å²) in [5.74, 6) is 0.939. The maximum absolute atomic E-state index is 13.0. The molecule has 8 nitrogen and oxygen atoms in total. The van der Waals surface area contributed by atoms with Crippen LogP contribution in [0.15, 0.2) is 34.0 Å². The molecule has 1 saturated heterocycles. The molecule has 0 saturated carbocycles. The van der Waals surface area contributed by atoms with Crippen LogP contribution in [0.3, 0.4) is 0 Å². The minimum Gasteiger partial charge on any atom is -0.463 e. The van der Waals surface area contributed by atoms with Gasteiger partial charge in [-0.05, 0) is 38.0 Å². The fourth-order valence-corrected chi connectivity index (χ4v) is 5.60. The van der Waals surface area contributed by atoms with Crippen molar-refractivity contribution in [2.75, 3.05) is 13.1 Å². The van der Waals surface area contributed by atoms with E-state index >= 15 is 0 Å². The molecule has 0 spiro atoms. The molecule has 0 radical (unpaired) electrons. The van der Waals surface area contributed by atoms with Crippen LogP contribution in [-0.2, 0) is 10.0 Å². The van der Waals surface area contributed by atoms with Crippen molar-refractivity contribution in [3.8, 4) is 11.5 Å². The maximum Gasteiger partial charge on any atom is 0.228 e. The van der Waals surface area contributed by atoms with E-state index in [9.17, 15) is 8.42 Å². The first kappa shape index (κ1) is 17.6. The minimum atomic E-state index is -3.60. The summed E-state index contributed by atoms with van der Waals surface area (Å²) in [6, 6.07) is 5.64. The number of sulfonamides is 1. The summed E-state index contributed by atoms with van der Waals surface area (Å²) >= 11 is 6.14. The molecule has 2 aromatic heterocycles. The van der Waals surface area contributed by atoms with Crippen molar-refractivity contribution in [3.63, 3.8) is 0 Å². The molecule has 0 aromatic carbocycles. The van der Waals surface area contributed by atoms with Crippen molar-refractivity contribution < 1.29 is 12.8 Å². The number of aromatic nitrogens is 2. The van der Waals surface area contributed by atoms with Crippen LogP contribution >= 0.6 is 11.6 Å². The molecule has 4 heterocycles. The van der Waals surface area contributed by atoms with Gasteiger partial charge < -0.3 is 4.42 Å². The van der Waals surface area contributed by atoms with E-state index in [1.54, 1.807) is 13.2 Å². The lowest BCUT2D eigenvalue weighted by molar-refractivity contribution is 0.310. The molecule has 0 bridgehead atoms. The van der Waals surface area contributed by atoms with Crippen molar-refractivity contribution in [3.05, 3.63) is 30.2 Å². The quantitative estimate of drug-likeness (QED) is 0.607. The number of nitrogens with one attached hydrogen (secondary N) is 2. The summed E-state index contributed by atoms with van der Waals surface area (Å²) in [5.41, 5.74) is 3.60. The van der Waals surface area contributed by atoms with Crippen LogP contribution in [0.5, 0.6) is 0 Å². The van der Waals surface area contributed by atoms with Crippen LogP contribution < -0.4 is 5.43 Å². The maximum atomic E-state index is 13.0. The van der Waals surface area contributed by atoms with Gasteiger partial charge in [-0.15, -0.1) is 0 Å². The zero-order chi connectivity index (χ0) is 18.4. The zero-order valence-electron chi connectivity index (χ0n) is 14.2. The van der Waals surface area contributed by atoms with E-state index in [0.29, 0.717) is 31.7 Å². The number of H-pyrrole nitrogens is 1. The topological polar surface area (TPSA) is 104 Å². The van der Waals surface area contributed by atoms with E-state index in [-0.39, 0.29) is 5.92 Å². The van der Waals surface area contributed by atoms with Crippen molar-refractivity contribution in [1.29, 1.82) is 0 Å². The van der Waals surface area contributed by atoms with E-state index < -0.39 is 20.3 Å². The lowest BCUT2D eigenvalue weighted by atomic mass is 9.94. The average Bonchev–Trinajstić information content (AvgIpc) is 3.37. The third kappa shape index (κ3) is 2.74. The smallest absolute Gasteiger partial charge is 0.228 e. The van der Waals surface area contributed by atoms with Gasteiger partial charge in [0, 0.05) is 24.7 Å². The average molecular weight is 398 g/mol. The van der Waals surface area contributed by atoms with Crippen LogP contribution in [0.1, 0.15) is 31.4 Å². The zero-order valence-corrected chi connectivity index (χ0v) is 15.8. The highest BCUT2D eigenvalue weighted by Crippen LogP contribution is 2.35. The van der Waals surface area contributed by atoms with Gasteiger partial charge in [0.2, 0.25) is 10.0 Å². The largest absolute Gasteiger partial charge is 0.463 e. The van der Waals surface area contributed by atoms with Crippen LogP contribution in [0.4, 0.5) is 0 Å². The van der Waals surface area contributed by atoms with E-state index in [0.717, 1.165) is 11.4 Å². The Morgan fingerprint density at radius 1 is 1.38 bits per heavy atom. The molecular formula is C16H20ClN5O3S. The Balaban J connectivity index is 1.45. The monoisotopic (exact) mass is 397 g/mol. The predicted molar refractivity (Wildman–Crippen MR) is 98.4 cm³/mol. The van der Waals surface area contributed by atoms with Gasteiger partial charge in [-0.1, -0.05) is 11.6 Å². The van der Waals surface area contributed by atoms with Gasteiger partial charge in [0.05, 0.1) is 12.5 Å². The van der Waals surface area contributed by atoms with Gasteiger partial charge >= 0.3 is 0 Å². The number of aromatic amines is 1. The first-order valence-corrected chi connectivity index (χ1v) is 10.3. The number of hydrogen-bond donors (Lipinski definition) is 2. The highest BCUT2D eigenvalue weighted by Gasteiger charge is 2.51. The first-order chi connectivity index (χ1) is 12.4. The van der Waals surface area contributed by atoms with Crippen molar-refractivity contribution in [2.24, 2.45) is 5.10 Å². The SMILES string of the molecule is CC1(S(=O)(=O)N2CCC(c3cc(-c4ccco4)n[nH]3)CC2)C=NNC1Cl. The molecule has 2 atom stereocenters. The van der Waals surface area contributed by atoms with E-state index in [2.05, 4.69) is 20.7 Å². The standard InChI is InChI=1S/C16H20ClN5O3S/c1-16(10-18-21-15(16)17)26(23,24)22-6-4-11(5-7-22)12-9-13(20-19-12)14-3-2-8-25-14/h2-3,8-11,15,21H,4-7H2,1H3,(H,19,20). The number of alkyl halides is 1. The number of furan rings is 1. The Hall–Kier alpha value is -1.84. The second kappa shape index (κ2) is 6.40. The number of rotatable bonds is 4. The van der Waals surface area contributed by atoms with Crippen molar-refractivity contribution in [1.82, 2.24) is 19.9 Å². The number of piperidine rings is 1.